The number of ether oxygens (including phenoxy) is 4. The highest BCUT2D eigenvalue weighted by atomic mass is 16.5. The van der Waals surface area contributed by atoms with Crippen LogP contribution in [-0.2, 0) is 0 Å². The number of hydrogen-bond acceptors (Lipinski definition) is 8. The maximum absolute atomic E-state index is 12.5. The number of nitrogens with zero attached hydrogens (tertiary/aromatic N) is 2. The van der Waals surface area contributed by atoms with E-state index in [9.17, 15) is 9.59 Å². The monoisotopic (exact) mass is 640 g/mol. The molecule has 0 heterocycles. The van der Waals surface area contributed by atoms with E-state index in [1.54, 1.807) is 85.2 Å². The Labute approximate surface area is 280 Å². The molecular formula is C40H36N2O6. The van der Waals surface area contributed by atoms with Crippen molar-refractivity contribution < 1.29 is 28.5 Å². The van der Waals surface area contributed by atoms with Gasteiger partial charge in [-0.3, -0.25) is 9.98 Å². The average Bonchev–Trinajstić information content (AvgIpc) is 3.13. The minimum Gasteiger partial charge on any atom is -0.494 e. The van der Waals surface area contributed by atoms with Gasteiger partial charge in [0.1, 0.15) is 23.0 Å². The Kier molecular flexibility index (Phi) is 11.8. The van der Waals surface area contributed by atoms with Crippen LogP contribution in [0.3, 0.4) is 0 Å². The highest BCUT2D eigenvalue weighted by molar-refractivity contribution is 5.92. The van der Waals surface area contributed by atoms with E-state index in [4.69, 9.17) is 18.9 Å². The van der Waals surface area contributed by atoms with Crippen LogP contribution in [0.15, 0.2) is 131 Å². The second-order valence-electron chi connectivity index (χ2n) is 10.7. The molecule has 0 atom stereocenters. The van der Waals surface area contributed by atoms with Crippen molar-refractivity contribution in [2.45, 2.75) is 26.7 Å². The van der Waals surface area contributed by atoms with E-state index in [1.165, 1.54) is 0 Å². The molecule has 0 amide bonds. The zero-order valence-corrected chi connectivity index (χ0v) is 26.9. The lowest BCUT2D eigenvalue weighted by molar-refractivity contribution is 0.0725. The molecule has 0 aromatic heterocycles. The van der Waals surface area contributed by atoms with E-state index in [0.29, 0.717) is 35.8 Å². The van der Waals surface area contributed by atoms with Crippen molar-refractivity contribution in [1.82, 2.24) is 0 Å². The van der Waals surface area contributed by atoms with Gasteiger partial charge in [0.2, 0.25) is 0 Å². The third-order valence-corrected chi connectivity index (χ3v) is 6.86. The summed E-state index contributed by atoms with van der Waals surface area (Å²) in [6.07, 6.45) is 5.30. The van der Waals surface area contributed by atoms with Crippen LogP contribution in [0, 0.1) is 0 Å². The van der Waals surface area contributed by atoms with Crippen LogP contribution in [-0.4, -0.2) is 37.6 Å². The number of carbonyl (C=O) groups is 2. The first kappa shape index (κ1) is 33.3. The summed E-state index contributed by atoms with van der Waals surface area (Å²) in [6.45, 7) is 5.33. The molecule has 0 radical (unpaired) electrons. The number of rotatable bonds is 14. The Morgan fingerprint density at radius 3 is 1.27 bits per heavy atom. The molecule has 0 aliphatic rings. The topological polar surface area (TPSA) is 95.8 Å². The average molecular weight is 641 g/mol. The van der Waals surface area contributed by atoms with Crippen molar-refractivity contribution >= 4 is 35.7 Å². The van der Waals surface area contributed by atoms with Gasteiger partial charge < -0.3 is 18.9 Å². The van der Waals surface area contributed by atoms with Gasteiger partial charge in [-0.1, -0.05) is 19.9 Å². The number of benzene rings is 5. The predicted molar refractivity (Wildman–Crippen MR) is 188 cm³/mol. The lowest BCUT2D eigenvalue weighted by atomic mass is 10.2. The Balaban J connectivity index is 1.12. The molecule has 0 aliphatic carbocycles. The van der Waals surface area contributed by atoms with Gasteiger partial charge in [0, 0.05) is 12.4 Å². The van der Waals surface area contributed by atoms with Crippen LogP contribution in [0.1, 0.15) is 58.5 Å². The third-order valence-electron chi connectivity index (χ3n) is 6.86. The van der Waals surface area contributed by atoms with Crippen molar-refractivity contribution in [1.29, 1.82) is 0 Å². The molecule has 0 spiro atoms. The van der Waals surface area contributed by atoms with E-state index >= 15 is 0 Å². The minimum atomic E-state index is -0.439. The fourth-order valence-corrected chi connectivity index (χ4v) is 4.34. The molecular weight excluding hydrogens is 604 g/mol. The van der Waals surface area contributed by atoms with Gasteiger partial charge in [-0.25, -0.2) is 9.59 Å². The van der Waals surface area contributed by atoms with Gasteiger partial charge in [0.15, 0.2) is 0 Å². The molecule has 48 heavy (non-hydrogen) atoms. The zero-order chi connectivity index (χ0) is 33.6. The first-order chi connectivity index (χ1) is 23.5. The summed E-state index contributed by atoms with van der Waals surface area (Å²) < 4.78 is 22.1. The molecule has 0 saturated carbocycles. The molecule has 8 nitrogen and oxygen atoms in total. The molecule has 0 fully saturated rings. The van der Waals surface area contributed by atoms with Crippen LogP contribution < -0.4 is 18.9 Å². The lowest BCUT2D eigenvalue weighted by Gasteiger charge is -2.07. The van der Waals surface area contributed by atoms with Crippen LogP contribution in [0.25, 0.3) is 0 Å². The fourth-order valence-electron chi connectivity index (χ4n) is 4.34. The van der Waals surface area contributed by atoms with E-state index in [1.807, 2.05) is 62.4 Å². The first-order valence-corrected chi connectivity index (χ1v) is 15.8. The second kappa shape index (κ2) is 17.1. The zero-order valence-electron chi connectivity index (χ0n) is 26.9. The van der Waals surface area contributed by atoms with Crippen molar-refractivity contribution in [3.63, 3.8) is 0 Å². The van der Waals surface area contributed by atoms with Gasteiger partial charge in [0.25, 0.3) is 0 Å². The van der Waals surface area contributed by atoms with Crippen molar-refractivity contribution in [2.24, 2.45) is 9.98 Å². The highest BCUT2D eigenvalue weighted by Gasteiger charge is 2.10. The Morgan fingerprint density at radius 2 is 0.896 bits per heavy atom. The molecule has 5 aromatic rings. The van der Waals surface area contributed by atoms with Crippen LogP contribution in [0.2, 0.25) is 0 Å². The van der Waals surface area contributed by atoms with E-state index < -0.39 is 11.9 Å². The highest BCUT2D eigenvalue weighted by Crippen LogP contribution is 2.22. The molecule has 0 aliphatic heterocycles. The normalized spacial score (nSPS) is 11.0. The summed E-state index contributed by atoms with van der Waals surface area (Å²) in [7, 11) is 0. The summed E-state index contributed by atoms with van der Waals surface area (Å²) >= 11 is 0. The maximum Gasteiger partial charge on any atom is 0.343 e. The predicted octanol–water partition coefficient (Wildman–Crippen LogP) is 9.20. The summed E-state index contributed by atoms with van der Waals surface area (Å²) in [5, 5.41) is 0. The van der Waals surface area contributed by atoms with Crippen molar-refractivity contribution in [3.8, 4) is 23.0 Å². The van der Waals surface area contributed by atoms with Crippen LogP contribution in [0.4, 0.5) is 11.4 Å². The molecule has 8 heteroatoms. The summed E-state index contributed by atoms with van der Waals surface area (Å²) in [5.74, 6) is 1.44. The van der Waals surface area contributed by atoms with Gasteiger partial charge in [0.05, 0.1) is 35.7 Å². The SMILES string of the molecule is CCCOc1ccc(C(=O)Oc2ccc(C=Nc3cccc(N=Cc4ccc(OC(=O)c5ccc(OCCC)cc5)cc4)c3)cc2)cc1. The molecule has 0 saturated heterocycles. The quantitative estimate of drug-likeness (QED) is 0.0682. The van der Waals surface area contributed by atoms with E-state index in [-0.39, 0.29) is 0 Å². The van der Waals surface area contributed by atoms with Crippen molar-refractivity contribution in [2.75, 3.05) is 13.2 Å². The standard InChI is InChI=1S/C40H36N2O6/c1-3-24-45-35-20-12-31(13-21-35)39(43)47-37-16-8-29(9-17-37)27-41-33-6-5-7-34(26-33)42-28-30-10-18-38(19-11-30)48-40(44)32-14-22-36(23-15-32)46-25-4-2/h5-23,26-28H,3-4,24-25H2,1-2H3. The molecule has 0 N–H and O–H groups in total. The first-order valence-electron chi connectivity index (χ1n) is 15.8. The fraction of sp³-hybridized carbons (Fsp3) is 0.150. The van der Waals surface area contributed by atoms with E-state index in [0.717, 1.165) is 46.8 Å². The number of esters is 2. The Bertz CT molecular complexity index is 1710. The smallest absolute Gasteiger partial charge is 0.343 e. The van der Waals surface area contributed by atoms with Gasteiger partial charge in [-0.15, -0.1) is 0 Å². The van der Waals surface area contributed by atoms with Gasteiger partial charge in [-0.05, 0) is 139 Å². The number of carbonyl (C=O) groups excluding carboxylic acids is 2. The number of aliphatic imine (C=N–C) groups is 2. The largest absolute Gasteiger partial charge is 0.494 e. The molecule has 242 valence electrons. The second-order valence-corrected chi connectivity index (χ2v) is 10.7. The van der Waals surface area contributed by atoms with Crippen LogP contribution >= 0.6 is 0 Å². The summed E-state index contributed by atoms with van der Waals surface area (Å²) in [6, 6.07) is 35.6. The molecule has 5 rings (SSSR count). The lowest BCUT2D eigenvalue weighted by Crippen LogP contribution is -2.08. The summed E-state index contributed by atoms with van der Waals surface area (Å²) in [5.41, 5.74) is 4.05. The Hall–Kier alpha value is -6.02. The van der Waals surface area contributed by atoms with Gasteiger partial charge >= 0.3 is 11.9 Å². The van der Waals surface area contributed by atoms with E-state index in [2.05, 4.69) is 9.98 Å². The van der Waals surface area contributed by atoms with Crippen molar-refractivity contribution in [3.05, 3.63) is 144 Å². The maximum atomic E-state index is 12.5. The summed E-state index contributed by atoms with van der Waals surface area (Å²) in [4.78, 5) is 34.2. The molecule has 5 aromatic carbocycles. The number of hydrogen-bond donors (Lipinski definition) is 0. The minimum absolute atomic E-state index is 0.439. The molecule has 0 unspecified atom stereocenters. The third kappa shape index (κ3) is 9.99. The van der Waals surface area contributed by atoms with Gasteiger partial charge in [-0.2, -0.15) is 0 Å². The Morgan fingerprint density at radius 1 is 0.521 bits per heavy atom. The van der Waals surface area contributed by atoms with Crippen LogP contribution in [0.5, 0.6) is 23.0 Å². The molecule has 0 bridgehead atoms.